The van der Waals surface area contributed by atoms with Gasteiger partial charge in [0.15, 0.2) is 12.4 Å². The van der Waals surface area contributed by atoms with Gasteiger partial charge in [0.1, 0.15) is 22.8 Å². The topological polar surface area (TPSA) is 89.2 Å². The lowest BCUT2D eigenvalue weighted by molar-refractivity contribution is -0.134. The number of phenols is 1. The maximum atomic E-state index is 13.7. The van der Waals surface area contributed by atoms with Gasteiger partial charge in [-0.15, -0.1) is 0 Å². The molecule has 0 aliphatic carbocycles. The number of amides is 1. The predicted octanol–water partition coefficient (Wildman–Crippen LogP) is 5.88. The fourth-order valence-corrected chi connectivity index (χ4v) is 5.02. The summed E-state index contributed by atoms with van der Waals surface area (Å²) in [6, 6.07) is 17.2. The highest BCUT2D eigenvalue weighted by molar-refractivity contribution is 6.16. The minimum Gasteiger partial charge on any atom is -0.508 e. The Morgan fingerprint density at radius 3 is 2.47 bits per heavy atom. The van der Waals surface area contributed by atoms with E-state index in [1.54, 1.807) is 54.8 Å². The number of furan rings is 1. The summed E-state index contributed by atoms with van der Waals surface area (Å²) in [5, 5.41) is 10.6. The summed E-state index contributed by atoms with van der Waals surface area (Å²) >= 11 is 0. The Morgan fingerprint density at radius 1 is 0.947 bits per heavy atom. The molecule has 1 N–H and O–H groups in total. The van der Waals surface area contributed by atoms with Crippen molar-refractivity contribution in [3.63, 3.8) is 0 Å². The lowest BCUT2D eigenvalue weighted by atomic mass is 9.96. The van der Waals surface area contributed by atoms with E-state index in [9.17, 15) is 14.7 Å². The van der Waals surface area contributed by atoms with Crippen LogP contribution in [0.2, 0.25) is 0 Å². The highest BCUT2D eigenvalue weighted by atomic mass is 16.5. The minimum absolute atomic E-state index is 0.0208. The number of phenolic OH excluding ortho intramolecular Hbond substituents is 1. The molecule has 192 valence electrons. The third-order valence-corrected chi connectivity index (χ3v) is 7.05. The molecule has 2 aliphatic rings. The van der Waals surface area contributed by atoms with E-state index in [1.807, 2.05) is 23.1 Å². The number of benzene rings is 3. The SMILES string of the molecule is O=C(c1ccc(OCC(=O)N2CCCCC2)cc1)c1oc2cc3c(cc2c1-c1ccc(O)cc1)CC=CO3. The molecule has 0 saturated carbocycles. The van der Waals surface area contributed by atoms with E-state index in [1.165, 1.54) is 0 Å². The summed E-state index contributed by atoms with van der Waals surface area (Å²) in [4.78, 5) is 27.9. The molecule has 3 aromatic carbocycles. The van der Waals surface area contributed by atoms with E-state index in [0.29, 0.717) is 28.2 Å². The standard InChI is InChI=1S/C31H27NO6/c33-23-10-6-20(7-11-23)29-25-17-22-5-4-16-36-26(22)18-27(25)38-31(29)30(35)21-8-12-24(13-9-21)37-19-28(34)32-14-2-1-3-15-32/h4,6-13,16-18,33H,1-3,5,14-15,19H2. The largest absolute Gasteiger partial charge is 0.508 e. The Hall–Kier alpha value is -4.52. The van der Waals surface area contributed by atoms with E-state index in [0.717, 1.165) is 55.3 Å². The smallest absolute Gasteiger partial charge is 0.260 e. The van der Waals surface area contributed by atoms with Crippen LogP contribution in [-0.2, 0) is 11.2 Å². The molecule has 1 aromatic heterocycles. The third-order valence-electron chi connectivity index (χ3n) is 7.05. The average Bonchev–Trinajstić information content (AvgIpc) is 3.33. The molecule has 1 amide bonds. The summed E-state index contributed by atoms with van der Waals surface area (Å²) < 4.78 is 17.5. The van der Waals surface area contributed by atoms with Crippen molar-refractivity contribution in [3.05, 3.63) is 89.9 Å². The lowest BCUT2D eigenvalue weighted by Crippen LogP contribution is -2.38. The van der Waals surface area contributed by atoms with E-state index in [4.69, 9.17) is 13.9 Å². The molecule has 0 radical (unpaired) electrons. The minimum atomic E-state index is -0.280. The fourth-order valence-electron chi connectivity index (χ4n) is 5.02. The molecule has 1 saturated heterocycles. The number of hydrogen-bond acceptors (Lipinski definition) is 6. The summed E-state index contributed by atoms with van der Waals surface area (Å²) in [5.41, 5.74) is 3.40. The van der Waals surface area contributed by atoms with E-state index in [2.05, 4.69) is 0 Å². The first-order valence-electron chi connectivity index (χ1n) is 12.8. The zero-order valence-electron chi connectivity index (χ0n) is 20.8. The van der Waals surface area contributed by atoms with Gasteiger partial charge in [-0.25, -0.2) is 0 Å². The molecular formula is C31H27NO6. The van der Waals surface area contributed by atoms with Crippen LogP contribution in [0.5, 0.6) is 17.2 Å². The Kier molecular flexibility index (Phi) is 6.33. The number of carbonyl (C=O) groups is 2. The molecule has 3 heterocycles. The van der Waals surface area contributed by atoms with Crippen LogP contribution in [0.3, 0.4) is 0 Å². The van der Waals surface area contributed by atoms with Crippen LogP contribution in [0, 0.1) is 0 Å². The fraction of sp³-hybridized carbons (Fsp3) is 0.226. The summed E-state index contributed by atoms with van der Waals surface area (Å²) in [7, 11) is 0. The molecule has 0 spiro atoms. The molecule has 38 heavy (non-hydrogen) atoms. The molecule has 7 nitrogen and oxygen atoms in total. The molecule has 2 aliphatic heterocycles. The first-order chi connectivity index (χ1) is 18.6. The van der Waals surface area contributed by atoms with Gasteiger partial charge in [0.05, 0.1) is 6.26 Å². The van der Waals surface area contributed by atoms with Crippen LogP contribution in [-0.4, -0.2) is 41.4 Å². The van der Waals surface area contributed by atoms with Gasteiger partial charge in [-0.05, 0) is 85.4 Å². The zero-order chi connectivity index (χ0) is 26.1. The molecule has 0 atom stereocenters. The molecule has 4 aromatic rings. The van der Waals surface area contributed by atoms with Crippen LogP contribution in [0.15, 0.2) is 77.4 Å². The highest BCUT2D eigenvalue weighted by Crippen LogP contribution is 2.40. The number of piperidine rings is 1. The number of ketones is 1. The van der Waals surface area contributed by atoms with Crippen molar-refractivity contribution in [2.24, 2.45) is 0 Å². The Morgan fingerprint density at radius 2 is 1.71 bits per heavy atom. The molecule has 0 unspecified atom stereocenters. The van der Waals surface area contributed by atoms with Crippen LogP contribution in [0.1, 0.15) is 40.9 Å². The van der Waals surface area contributed by atoms with E-state index in [-0.39, 0.29) is 29.8 Å². The van der Waals surface area contributed by atoms with Crippen molar-refractivity contribution < 1.29 is 28.6 Å². The number of hydrogen-bond donors (Lipinski definition) is 1. The van der Waals surface area contributed by atoms with Crippen LogP contribution >= 0.6 is 0 Å². The van der Waals surface area contributed by atoms with Crippen molar-refractivity contribution in [1.29, 1.82) is 0 Å². The van der Waals surface area contributed by atoms with Gasteiger partial charge in [-0.1, -0.05) is 12.1 Å². The Balaban J connectivity index is 1.29. The normalized spacial score (nSPS) is 14.7. The quantitative estimate of drug-likeness (QED) is 0.327. The zero-order valence-corrected chi connectivity index (χ0v) is 20.8. The second-order valence-corrected chi connectivity index (χ2v) is 9.59. The predicted molar refractivity (Wildman–Crippen MR) is 143 cm³/mol. The van der Waals surface area contributed by atoms with Crippen molar-refractivity contribution in [2.45, 2.75) is 25.7 Å². The van der Waals surface area contributed by atoms with Crippen molar-refractivity contribution in [2.75, 3.05) is 19.7 Å². The maximum absolute atomic E-state index is 13.7. The van der Waals surface area contributed by atoms with Gasteiger partial charge in [0.25, 0.3) is 5.91 Å². The van der Waals surface area contributed by atoms with Gasteiger partial charge in [-0.2, -0.15) is 0 Å². The number of rotatable bonds is 6. The van der Waals surface area contributed by atoms with E-state index >= 15 is 0 Å². The van der Waals surface area contributed by atoms with Crippen molar-refractivity contribution in [3.8, 4) is 28.4 Å². The molecule has 7 heteroatoms. The molecule has 1 fully saturated rings. The Labute approximate surface area is 219 Å². The van der Waals surface area contributed by atoms with Crippen LogP contribution in [0.25, 0.3) is 22.1 Å². The van der Waals surface area contributed by atoms with Gasteiger partial charge in [0.2, 0.25) is 5.78 Å². The number of likely N-dealkylation sites (tertiary alicyclic amines) is 1. The van der Waals surface area contributed by atoms with Gasteiger partial charge in [0, 0.05) is 35.7 Å². The van der Waals surface area contributed by atoms with Crippen LogP contribution in [0.4, 0.5) is 0 Å². The molecule has 0 bridgehead atoms. The summed E-state index contributed by atoms with van der Waals surface area (Å²) in [6.45, 7) is 1.54. The van der Waals surface area contributed by atoms with Crippen LogP contribution < -0.4 is 9.47 Å². The number of carbonyl (C=O) groups excluding carboxylic acids is 2. The first kappa shape index (κ1) is 23.9. The lowest BCUT2D eigenvalue weighted by Gasteiger charge is -2.26. The molecule has 6 rings (SSSR count). The van der Waals surface area contributed by atoms with E-state index < -0.39 is 0 Å². The second kappa shape index (κ2) is 10.1. The van der Waals surface area contributed by atoms with Gasteiger partial charge >= 0.3 is 0 Å². The van der Waals surface area contributed by atoms with Gasteiger partial charge in [-0.3, -0.25) is 9.59 Å². The summed E-state index contributed by atoms with van der Waals surface area (Å²) in [5.74, 6) is 1.26. The van der Waals surface area contributed by atoms with Crippen molar-refractivity contribution in [1.82, 2.24) is 4.90 Å². The second-order valence-electron chi connectivity index (χ2n) is 9.59. The number of ether oxygens (including phenoxy) is 2. The number of nitrogens with zero attached hydrogens (tertiary/aromatic N) is 1. The number of fused-ring (bicyclic) bond motifs is 2. The third kappa shape index (κ3) is 4.63. The number of allylic oxidation sites excluding steroid dienone is 1. The number of aromatic hydroxyl groups is 1. The maximum Gasteiger partial charge on any atom is 0.260 e. The first-order valence-corrected chi connectivity index (χ1v) is 12.8. The molecular weight excluding hydrogens is 482 g/mol. The average molecular weight is 510 g/mol. The monoisotopic (exact) mass is 509 g/mol. The van der Waals surface area contributed by atoms with Crippen molar-refractivity contribution >= 4 is 22.7 Å². The summed E-state index contributed by atoms with van der Waals surface area (Å²) in [6.07, 6.45) is 7.52. The highest BCUT2D eigenvalue weighted by Gasteiger charge is 2.25. The van der Waals surface area contributed by atoms with Gasteiger partial charge < -0.3 is 23.9 Å². The Bertz CT molecular complexity index is 1530.